The smallest absolute Gasteiger partial charge is 0.167 e. The van der Waals surface area contributed by atoms with Gasteiger partial charge in [-0.3, -0.25) is 0 Å². The minimum Gasteiger partial charge on any atom is -0.456 e. The predicted octanol–water partition coefficient (Wildman–Crippen LogP) is 13.7. The minimum atomic E-state index is 0.543. The number of fused-ring (bicyclic) bond motifs is 10. The zero-order valence-electron chi connectivity index (χ0n) is 30.9. The summed E-state index contributed by atoms with van der Waals surface area (Å²) >= 11 is 0. The van der Waals surface area contributed by atoms with Gasteiger partial charge in [-0.2, -0.15) is 0 Å². The molecule has 8 aromatic carbocycles. The van der Waals surface area contributed by atoms with Gasteiger partial charge in [-0.05, 0) is 24.3 Å². The molecule has 0 spiro atoms. The lowest BCUT2D eigenvalue weighted by molar-refractivity contribution is 0.669. The van der Waals surface area contributed by atoms with Crippen LogP contribution in [0.15, 0.2) is 191 Å². The average molecular weight is 743 g/mol. The minimum absolute atomic E-state index is 0.543. The Morgan fingerprint density at radius 1 is 0.293 bits per heavy atom. The Morgan fingerprint density at radius 2 is 0.828 bits per heavy atom. The zero-order chi connectivity index (χ0) is 38.2. The fourth-order valence-corrected chi connectivity index (χ4v) is 8.50. The number of nitrogens with zero attached hydrogens (tertiary/aromatic N) is 4. The molecule has 270 valence electrons. The quantitative estimate of drug-likeness (QED) is 0.163. The highest BCUT2D eigenvalue weighted by atomic mass is 16.3. The van der Waals surface area contributed by atoms with Crippen molar-refractivity contribution >= 4 is 65.6 Å². The van der Waals surface area contributed by atoms with Crippen molar-refractivity contribution in [1.29, 1.82) is 0 Å². The summed E-state index contributed by atoms with van der Waals surface area (Å²) < 4.78 is 13.5. The van der Waals surface area contributed by atoms with Crippen LogP contribution in [0.5, 0.6) is 0 Å². The van der Waals surface area contributed by atoms with E-state index in [2.05, 4.69) is 91.0 Å². The molecule has 0 saturated carbocycles. The third kappa shape index (κ3) is 4.98. The van der Waals surface area contributed by atoms with Crippen LogP contribution in [0.2, 0.25) is 0 Å². The summed E-state index contributed by atoms with van der Waals surface area (Å²) in [5.74, 6) is 1.74. The van der Waals surface area contributed by atoms with Gasteiger partial charge < -0.3 is 8.83 Å². The molecule has 0 aliphatic heterocycles. The molecular weight excluding hydrogens is 713 g/mol. The number of rotatable bonds is 5. The van der Waals surface area contributed by atoms with Crippen LogP contribution >= 0.6 is 0 Å². The Labute approximate surface area is 331 Å². The van der Waals surface area contributed by atoms with Gasteiger partial charge in [-0.1, -0.05) is 158 Å². The Bertz CT molecular complexity index is 3500. The monoisotopic (exact) mass is 742 g/mol. The highest BCUT2D eigenvalue weighted by molar-refractivity contribution is 6.29. The van der Waals surface area contributed by atoms with Crippen molar-refractivity contribution in [2.24, 2.45) is 0 Å². The molecule has 6 heteroatoms. The number of furan rings is 2. The molecule has 0 radical (unpaired) electrons. The number of hydrogen-bond acceptors (Lipinski definition) is 6. The first kappa shape index (κ1) is 32.3. The molecule has 0 unspecified atom stereocenters. The summed E-state index contributed by atoms with van der Waals surface area (Å²) in [4.78, 5) is 20.5. The predicted molar refractivity (Wildman–Crippen MR) is 234 cm³/mol. The lowest BCUT2D eigenvalue weighted by Crippen LogP contribution is -2.00. The summed E-state index contributed by atoms with van der Waals surface area (Å²) in [5.41, 5.74) is 10.6. The largest absolute Gasteiger partial charge is 0.456 e. The van der Waals surface area contributed by atoms with E-state index in [1.807, 2.05) is 91.0 Å². The van der Waals surface area contributed by atoms with Crippen molar-refractivity contribution in [3.63, 3.8) is 0 Å². The van der Waals surface area contributed by atoms with Crippen molar-refractivity contribution in [1.82, 2.24) is 19.9 Å². The molecule has 4 heterocycles. The van der Waals surface area contributed by atoms with Crippen molar-refractivity contribution in [2.75, 3.05) is 0 Å². The standard InChI is InChI=1S/C52H30N4O2/c1-4-15-31(16-5-1)46-40-29-30-43-45(38-21-10-11-28-42(38)57-43)44(40)39-26-12-22-34(47(39)53-46)35-23-13-24-36-37-25-14-27-41(49(37)58-48(35)36)52-55-50(32-17-6-2-7-18-32)54-51(56-52)33-19-8-3-9-20-33/h1-30H. The maximum atomic E-state index is 7.04. The van der Waals surface area contributed by atoms with E-state index >= 15 is 0 Å². The van der Waals surface area contributed by atoms with Gasteiger partial charge in [0, 0.05) is 65.5 Å². The van der Waals surface area contributed by atoms with E-state index in [-0.39, 0.29) is 0 Å². The number of aromatic nitrogens is 4. The molecule has 58 heavy (non-hydrogen) atoms. The highest BCUT2D eigenvalue weighted by Crippen LogP contribution is 2.45. The van der Waals surface area contributed by atoms with Crippen molar-refractivity contribution in [3.05, 3.63) is 182 Å². The van der Waals surface area contributed by atoms with E-state index in [1.54, 1.807) is 0 Å². The van der Waals surface area contributed by atoms with Gasteiger partial charge in [-0.15, -0.1) is 0 Å². The van der Waals surface area contributed by atoms with Crippen LogP contribution in [0.25, 0.3) is 122 Å². The first-order valence-corrected chi connectivity index (χ1v) is 19.3. The first-order valence-electron chi connectivity index (χ1n) is 19.3. The summed E-state index contributed by atoms with van der Waals surface area (Å²) in [5, 5.41) is 7.38. The SMILES string of the molecule is c1ccc(-c2nc(-c3ccccc3)nc(-c3cccc4c3oc3c(-c5cccc6c5nc(-c5ccccc5)c5ccc7oc8ccccc8c7c56)cccc34)n2)cc1. The third-order valence-corrected chi connectivity index (χ3v) is 11.1. The van der Waals surface area contributed by atoms with Gasteiger partial charge in [-0.25, -0.2) is 19.9 Å². The van der Waals surface area contributed by atoms with E-state index in [0.717, 1.165) is 99.0 Å². The van der Waals surface area contributed by atoms with Crippen LogP contribution in [0, 0.1) is 0 Å². The Kier molecular flexibility index (Phi) is 7.13. The van der Waals surface area contributed by atoms with E-state index in [0.29, 0.717) is 23.1 Å². The van der Waals surface area contributed by atoms with Gasteiger partial charge in [0.25, 0.3) is 0 Å². The second-order valence-corrected chi connectivity index (χ2v) is 14.5. The van der Waals surface area contributed by atoms with E-state index in [1.165, 1.54) is 0 Å². The van der Waals surface area contributed by atoms with E-state index in [4.69, 9.17) is 28.8 Å². The Balaban J connectivity index is 1.13. The van der Waals surface area contributed by atoms with Crippen molar-refractivity contribution in [3.8, 4) is 56.5 Å². The summed E-state index contributed by atoms with van der Waals surface area (Å²) in [6.07, 6.45) is 0. The number of benzene rings is 8. The molecule has 0 atom stereocenters. The maximum Gasteiger partial charge on any atom is 0.167 e. The van der Waals surface area contributed by atoms with Crippen molar-refractivity contribution in [2.45, 2.75) is 0 Å². The summed E-state index contributed by atoms with van der Waals surface area (Å²) in [6, 6.07) is 62.0. The van der Waals surface area contributed by atoms with E-state index in [9.17, 15) is 0 Å². The second-order valence-electron chi connectivity index (χ2n) is 14.5. The molecule has 0 amide bonds. The fourth-order valence-electron chi connectivity index (χ4n) is 8.50. The first-order chi connectivity index (χ1) is 28.8. The fraction of sp³-hybridized carbons (Fsp3) is 0. The molecule has 0 aliphatic rings. The van der Waals surface area contributed by atoms with Crippen LogP contribution in [0.3, 0.4) is 0 Å². The molecule has 12 aromatic rings. The normalized spacial score (nSPS) is 11.8. The van der Waals surface area contributed by atoms with Crippen LogP contribution in [-0.4, -0.2) is 19.9 Å². The van der Waals surface area contributed by atoms with E-state index < -0.39 is 0 Å². The molecular formula is C52H30N4O2. The number of para-hydroxylation sites is 4. The van der Waals surface area contributed by atoms with Crippen LogP contribution < -0.4 is 0 Å². The molecule has 0 N–H and O–H groups in total. The maximum absolute atomic E-state index is 7.04. The summed E-state index contributed by atoms with van der Waals surface area (Å²) in [7, 11) is 0. The lowest BCUT2D eigenvalue weighted by atomic mass is 9.93. The van der Waals surface area contributed by atoms with Crippen LogP contribution in [0.4, 0.5) is 0 Å². The van der Waals surface area contributed by atoms with Gasteiger partial charge >= 0.3 is 0 Å². The number of hydrogen-bond donors (Lipinski definition) is 0. The zero-order valence-corrected chi connectivity index (χ0v) is 30.9. The van der Waals surface area contributed by atoms with Crippen molar-refractivity contribution < 1.29 is 8.83 Å². The molecule has 0 saturated heterocycles. The second kappa shape index (κ2) is 12.8. The molecule has 6 nitrogen and oxygen atoms in total. The van der Waals surface area contributed by atoms with Gasteiger partial charge in [0.2, 0.25) is 0 Å². The highest BCUT2D eigenvalue weighted by Gasteiger charge is 2.23. The summed E-state index contributed by atoms with van der Waals surface area (Å²) in [6.45, 7) is 0. The van der Waals surface area contributed by atoms with Gasteiger partial charge in [0.1, 0.15) is 22.3 Å². The van der Waals surface area contributed by atoms with Gasteiger partial charge in [0.05, 0.1) is 16.8 Å². The third-order valence-electron chi connectivity index (χ3n) is 11.1. The van der Waals surface area contributed by atoms with Crippen LogP contribution in [-0.2, 0) is 0 Å². The lowest BCUT2D eigenvalue weighted by Gasteiger charge is -2.14. The number of pyridine rings is 1. The van der Waals surface area contributed by atoms with Crippen LogP contribution in [0.1, 0.15) is 0 Å². The van der Waals surface area contributed by atoms with Gasteiger partial charge in [0.15, 0.2) is 17.5 Å². The topological polar surface area (TPSA) is 77.8 Å². The Morgan fingerprint density at radius 3 is 1.52 bits per heavy atom. The molecule has 0 aliphatic carbocycles. The molecule has 0 bridgehead atoms. The Hall–Kier alpha value is -7.96. The molecule has 4 aromatic heterocycles. The molecule has 12 rings (SSSR count). The molecule has 0 fully saturated rings. The average Bonchev–Trinajstić information content (AvgIpc) is 3.88.